The molecule has 0 heterocycles. The normalized spacial score (nSPS) is 13.2. The molecule has 0 aliphatic carbocycles. The van der Waals surface area contributed by atoms with E-state index in [1.54, 1.807) is 0 Å². The summed E-state index contributed by atoms with van der Waals surface area (Å²) in [6.07, 6.45) is -9.86. The number of phosphoric acid groups is 1. The first kappa shape index (κ1) is 19.2. The molecular weight excluding hydrogens is 324 g/mol. The third-order valence-corrected chi connectivity index (χ3v) is 3.15. The molecule has 0 aliphatic rings. The lowest BCUT2D eigenvalue weighted by Crippen LogP contribution is -2.39. The van der Waals surface area contributed by atoms with Crippen LogP contribution in [0.25, 0.3) is 0 Å². The molecule has 0 atom stereocenters. The monoisotopic (exact) mass is 334 g/mol. The van der Waals surface area contributed by atoms with Crippen LogP contribution in [0.4, 0.5) is 30.7 Å². The SMILES string of the molecule is CCOP(=O)(OCC)OC(=C(F)F)C(F)(F)C(F)(F)F. The molecule has 120 valence electrons. The molecule has 0 fully saturated rings. The summed E-state index contributed by atoms with van der Waals surface area (Å²) in [5.74, 6) is -9.16. The average molecular weight is 334 g/mol. The van der Waals surface area contributed by atoms with Gasteiger partial charge in [0.05, 0.1) is 13.2 Å². The Hall–Kier alpha value is -0.800. The van der Waals surface area contributed by atoms with Gasteiger partial charge in [0.1, 0.15) is 0 Å². The fraction of sp³-hybridized carbons (Fsp3) is 0.750. The fourth-order valence-electron chi connectivity index (χ4n) is 0.857. The topological polar surface area (TPSA) is 44.8 Å². The number of hydrogen-bond donors (Lipinski definition) is 0. The van der Waals surface area contributed by atoms with Crippen LogP contribution in [0.1, 0.15) is 13.8 Å². The molecule has 12 heteroatoms. The molecule has 4 nitrogen and oxygen atoms in total. The van der Waals surface area contributed by atoms with Crippen LogP contribution in [-0.4, -0.2) is 25.3 Å². The van der Waals surface area contributed by atoms with E-state index in [1.807, 2.05) is 0 Å². The lowest BCUT2D eigenvalue weighted by atomic mass is 10.3. The predicted molar refractivity (Wildman–Crippen MR) is 52.2 cm³/mol. The quantitative estimate of drug-likeness (QED) is 0.391. The van der Waals surface area contributed by atoms with Crippen LogP contribution < -0.4 is 0 Å². The highest BCUT2D eigenvalue weighted by atomic mass is 31.2. The molecule has 20 heavy (non-hydrogen) atoms. The predicted octanol–water partition coefficient (Wildman–Crippen LogP) is 4.49. The Labute approximate surface area is 109 Å². The van der Waals surface area contributed by atoms with Gasteiger partial charge in [-0.15, -0.1) is 0 Å². The van der Waals surface area contributed by atoms with E-state index >= 15 is 0 Å². The largest absolute Gasteiger partial charge is 0.530 e. The second-order valence-corrected chi connectivity index (χ2v) is 4.63. The van der Waals surface area contributed by atoms with Crippen LogP contribution in [0.15, 0.2) is 11.8 Å². The molecule has 0 aliphatic heterocycles. The lowest BCUT2D eigenvalue weighted by molar-refractivity contribution is -0.275. The summed E-state index contributed by atoms with van der Waals surface area (Å²) in [6, 6.07) is 0. The van der Waals surface area contributed by atoms with Gasteiger partial charge in [-0.05, 0) is 13.8 Å². The molecule has 0 rings (SSSR count). The molecule has 0 spiro atoms. The number of alkyl halides is 5. The number of hydrogen-bond acceptors (Lipinski definition) is 4. The van der Waals surface area contributed by atoms with Crippen molar-refractivity contribution in [3.8, 4) is 0 Å². The highest BCUT2D eigenvalue weighted by Gasteiger charge is 2.64. The minimum atomic E-state index is -6.37. The molecule has 0 aromatic heterocycles. The van der Waals surface area contributed by atoms with Gasteiger partial charge in [0.15, 0.2) is 0 Å². The summed E-state index contributed by atoms with van der Waals surface area (Å²) in [5.41, 5.74) is 0. The summed E-state index contributed by atoms with van der Waals surface area (Å²) in [4.78, 5) is 0. The summed E-state index contributed by atoms with van der Waals surface area (Å²) in [6.45, 7) is 1.37. The maximum atomic E-state index is 12.8. The second kappa shape index (κ2) is 6.77. The van der Waals surface area contributed by atoms with Crippen molar-refractivity contribution in [1.29, 1.82) is 0 Å². The molecule has 0 aromatic carbocycles. The number of allylic oxidation sites excluding steroid dienone is 1. The highest BCUT2D eigenvalue weighted by Crippen LogP contribution is 2.56. The minimum Gasteiger partial charge on any atom is -0.396 e. The van der Waals surface area contributed by atoms with E-state index in [1.165, 1.54) is 13.8 Å². The summed E-state index contributed by atoms with van der Waals surface area (Å²) in [5, 5.41) is 0. The van der Waals surface area contributed by atoms with Crippen LogP contribution in [0.3, 0.4) is 0 Å². The van der Waals surface area contributed by atoms with E-state index in [2.05, 4.69) is 13.6 Å². The van der Waals surface area contributed by atoms with Crippen LogP contribution >= 0.6 is 7.82 Å². The zero-order chi connectivity index (χ0) is 16.2. The van der Waals surface area contributed by atoms with E-state index in [4.69, 9.17) is 0 Å². The summed E-state index contributed by atoms with van der Waals surface area (Å²) in [7, 11) is -5.01. The van der Waals surface area contributed by atoms with Crippen LogP contribution in [0.2, 0.25) is 0 Å². The Kier molecular flexibility index (Phi) is 6.50. The highest BCUT2D eigenvalue weighted by molar-refractivity contribution is 7.48. The Balaban J connectivity index is 5.57. The Morgan fingerprint density at radius 2 is 1.40 bits per heavy atom. The lowest BCUT2D eigenvalue weighted by Gasteiger charge is -2.24. The van der Waals surface area contributed by atoms with Gasteiger partial charge in [-0.25, -0.2) is 4.57 Å². The van der Waals surface area contributed by atoms with E-state index in [-0.39, 0.29) is 0 Å². The zero-order valence-corrected chi connectivity index (χ0v) is 11.0. The Morgan fingerprint density at radius 1 is 1.00 bits per heavy atom. The maximum Gasteiger partial charge on any atom is 0.530 e. The molecule has 0 amide bonds. The standard InChI is InChI=1S/C8H10F7O4P/c1-3-17-20(16,18-4-2)19-5(6(9)10)7(11,12)8(13,14)15/h3-4H2,1-2H3. The van der Waals surface area contributed by atoms with Crippen LogP contribution in [0.5, 0.6) is 0 Å². The van der Waals surface area contributed by atoms with Gasteiger partial charge in [0.25, 0.3) is 5.76 Å². The minimum absolute atomic E-state index is 0.490. The van der Waals surface area contributed by atoms with Gasteiger partial charge in [-0.2, -0.15) is 30.7 Å². The van der Waals surface area contributed by atoms with Crippen molar-refractivity contribution >= 4 is 7.82 Å². The van der Waals surface area contributed by atoms with Crippen LogP contribution in [0, 0.1) is 0 Å². The van der Waals surface area contributed by atoms with Gasteiger partial charge in [0.2, 0.25) is 0 Å². The van der Waals surface area contributed by atoms with E-state index in [9.17, 15) is 35.3 Å². The maximum absolute atomic E-state index is 12.8. The number of halogens is 7. The molecule has 0 aromatic rings. The first-order valence-electron chi connectivity index (χ1n) is 5.00. The first-order chi connectivity index (χ1) is 8.91. The summed E-state index contributed by atoms with van der Waals surface area (Å²) >= 11 is 0. The van der Waals surface area contributed by atoms with Crippen molar-refractivity contribution in [2.75, 3.05) is 13.2 Å². The van der Waals surface area contributed by atoms with Crippen molar-refractivity contribution < 1.29 is 48.9 Å². The van der Waals surface area contributed by atoms with Crippen LogP contribution in [-0.2, 0) is 18.1 Å². The smallest absolute Gasteiger partial charge is 0.396 e. The van der Waals surface area contributed by atoms with Gasteiger partial charge in [-0.3, -0.25) is 9.05 Å². The Morgan fingerprint density at radius 3 is 1.65 bits per heavy atom. The number of phosphoric ester groups is 1. The third kappa shape index (κ3) is 4.64. The van der Waals surface area contributed by atoms with Crippen molar-refractivity contribution in [3.05, 3.63) is 11.8 Å². The molecule has 0 unspecified atom stereocenters. The molecule has 0 N–H and O–H groups in total. The van der Waals surface area contributed by atoms with E-state index in [0.29, 0.717) is 0 Å². The van der Waals surface area contributed by atoms with E-state index in [0.717, 1.165) is 0 Å². The molecule has 0 saturated heterocycles. The third-order valence-electron chi connectivity index (χ3n) is 1.59. The van der Waals surface area contributed by atoms with Gasteiger partial charge in [0, 0.05) is 0 Å². The van der Waals surface area contributed by atoms with Crippen molar-refractivity contribution in [1.82, 2.24) is 0 Å². The van der Waals surface area contributed by atoms with Crippen molar-refractivity contribution in [2.24, 2.45) is 0 Å². The average Bonchev–Trinajstić information content (AvgIpc) is 2.24. The van der Waals surface area contributed by atoms with Gasteiger partial charge in [-0.1, -0.05) is 0 Å². The van der Waals surface area contributed by atoms with E-state index < -0.39 is 45.0 Å². The second-order valence-electron chi connectivity index (χ2n) is 3.04. The first-order valence-corrected chi connectivity index (χ1v) is 6.46. The van der Waals surface area contributed by atoms with Crippen molar-refractivity contribution in [2.45, 2.75) is 25.9 Å². The fourth-order valence-corrected chi connectivity index (χ4v) is 2.08. The van der Waals surface area contributed by atoms with Gasteiger partial charge >= 0.3 is 26.0 Å². The molecular formula is C8H10F7O4P. The summed E-state index contributed by atoms with van der Waals surface area (Å²) < 4.78 is 110. The molecule has 0 bridgehead atoms. The molecule has 0 saturated carbocycles. The van der Waals surface area contributed by atoms with Crippen molar-refractivity contribution in [3.63, 3.8) is 0 Å². The van der Waals surface area contributed by atoms with Gasteiger partial charge < -0.3 is 4.52 Å². The Bertz CT molecular complexity index is 392. The molecule has 0 radical (unpaired) electrons. The zero-order valence-electron chi connectivity index (χ0n) is 10.1. The number of rotatable bonds is 7.